The van der Waals surface area contributed by atoms with Crippen molar-refractivity contribution in [2.24, 2.45) is 5.92 Å². The first-order chi connectivity index (χ1) is 45.3. The standard InChI is InChI=1S/C65H86F2IN11O14S/c1-2-50-36-65(66,67)42-79(50)60(85)38-72-63(89)53-18-22-69-55-17-16-51(34-54(53)55)93-33-7-9-48-19-23-77(24-20-48)61(86)40-78-59(84)35-56(64(78)90)94-52(10-4-3-5-21-70-57(82)11-6-8-47-12-14-49(68)15-13-47)37-71-58(83)39-73-25-26-74(41-62(87)88)28-30-76(44-92-46-81)32-31-75(29-27-73)43-91-45-80/h1,12-18,22,34,45-46,48,50,52,56H,3-11,19-21,23-33,35-44H2,(H,70,82)(H,71,83)(H,72,89)(H,87,88)/t50-,52+,56?/m0/s1. The summed E-state index contributed by atoms with van der Waals surface area (Å²) in [6, 6.07) is 13.8. The highest BCUT2D eigenvalue weighted by Crippen LogP contribution is 2.33. The topological polar surface area (TPSA) is 290 Å². The van der Waals surface area contributed by atoms with Crippen LogP contribution in [0.3, 0.4) is 0 Å². The van der Waals surface area contributed by atoms with Gasteiger partial charge in [0.2, 0.25) is 35.4 Å². The summed E-state index contributed by atoms with van der Waals surface area (Å²) in [4.78, 5) is 144. The van der Waals surface area contributed by atoms with Gasteiger partial charge in [-0.05, 0) is 122 Å². The Hall–Kier alpha value is -7.11. The zero-order chi connectivity index (χ0) is 67.4. The molecule has 4 saturated heterocycles. The highest BCUT2D eigenvalue weighted by Gasteiger charge is 2.46. The number of hydrogen-bond donors (Lipinski definition) is 4. The number of hydrogen-bond acceptors (Lipinski definition) is 19. The van der Waals surface area contributed by atoms with Gasteiger partial charge in [0.1, 0.15) is 25.8 Å². The Morgan fingerprint density at radius 2 is 1.46 bits per heavy atom. The van der Waals surface area contributed by atoms with Crippen molar-refractivity contribution in [3.8, 4) is 18.1 Å². The number of amides is 7. The number of likely N-dealkylation sites (tertiary alicyclic amines) is 3. The number of rotatable bonds is 34. The van der Waals surface area contributed by atoms with Gasteiger partial charge < -0.3 is 45.1 Å². The third-order valence-corrected chi connectivity index (χ3v) is 19.3. The smallest absolute Gasteiger partial charge is 0.317 e. The van der Waals surface area contributed by atoms with Crippen molar-refractivity contribution in [2.75, 3.05) is 131 Å². The number of piperidine rings is 1. The Bertz CT molecular complexity index is 3110. The van der Waals surface area contributed by atoms with Crippen LogP contribution >= 0.6 is 34.4 Å². The number of carbonyl (C=O) groups is 10. The number of imide groups is 1. The molecule has 5 heterocycles. The number of fused-ring (bicyclic) bond motifs is 1. The third-order valence-electron chi connectivity index (χ3n) is 17.1. The Balaban J connectivity index is 0.879. The van der Waals surface area contributed by atoms with Gasteiger partial charge in [0.25, 0.3) is 24.8 Å². The minimum atomic E-state index is -3.11. The largest absolute Gasteiger partial charge is 0.494 e. The van der Waals surface area contributed by atoms with Crippen molar-refractivity contribution in [1.82, 2.24) is 55.2 Å². The first-order valence-corrected chi connectivity index (χ1v) is 34.0. The van der Waals surface area contributed by atoms with Crippen molar-refractivity contribution in [2.45, 2.75) is 106 Å². The second-order valence-corrected chi connectivity index (χ2v) is 26.8. The predicted octanol–water partition coefficient (Wildman–Crippen LogP) is 3.45. The molecule has 4 fully saturated rings. The molecule has 0 spiro atoms. The van der Waals surface area contributed by atoms with Crippen LogP contribution in [-0.2, 0) is 59.0 Å². The minimum Gasteiger partial charge on any atom is -0.494 e. The number of carbonyl (C=O) groups excluding carboxylic acids is 9. The summed E-state index contributed by atoms with van der Waals surface area (Å²) in [5, 5.41) is 17.7. The quantitative estimate of drug-likeness (QED) is 0.0219. The molecule has 25 nitrogen and oxygen atoms in total. The normalized spacial score (nSPS) is 19.1. The minimum absolute atomic E-state index is 0.00695. The van der Waals surface area contributed by atoms with Gasteiger partial charge in [-0.25, -0.2) is 8.78 Å². The number of terminal acetylenes is 1. The molecule has 7 rings (SSSR count). The average molecular weight is 1440 g/mol. The molecule has 0 radical (unpaired) electrons. The highest BCUT2D eigenvalue weighted by molar-refractivity contribution is 14.1. The molecule has 0 aliphatic carbocycles. The van der Waals surface area contributed by atoms with Gasteiger partial charge in [0, 0.05) is 118 Å². The summed E-state index contributed by atoms with van der Waals surface area (Å²) in [7, 11) is 0. The van der Waals surface area contributed by atoms with Gasteiger partial charge in [-0.3, -0.25) is 77.4 Å². The number of pyridine rings is 1. The lowest BCUT2D eigenvalue weighted by Crippen LogP contribution is -2.49. The van der Waals surface area contributed by atoms with Gasteiger partial charge in [-0.2, -0.15) is 0 Å². The van der Waals surface area contributed by atoms with Crippen LogP contribution in [0.5, 0.6) is 5.75 Å². The average Bonchev–Trinajstić information content (AvgIpc) is 1.27. The van der Waals surface area contributed by atoms with Crippen molar-refractivity contribution in [1.29, 1.82) is 0 Å². The highest BCUT2D eigenvalue weighted by atomic mass is 127. The van der Waals surface area contributed by atoms with E-state index in [9.17, 15) is 61.8 Å². The first-order valence-electron chi connectivity index (χ1n) is 32.0. The van der Waals surface area contributed by atoms with E-state index in [0.717, 1.165) is 39.1 Å². The van der Waals surface area contributed by atoms with Crippen LogP contribution in [-0.4, -0.2) is 258 Å². The van der Waals surface area contributed by atoms with Crippen LogP contribution in [0.15, 0.2) is 54.7 Å². The predicted molar refractivity (Wildman–Crippen MR) is 353 cm³/mol. The van der Waals surface area contributed by atoms with Crippen molar-refractivity contribution in [3.05, 3.63) is 69.4 Å². The number of aromatic nitrogens is 1. The molecule has 29 heteroatoms. The Labute approximate surface area is 564 Å². The molecule has 0 saturated carbocycles. The number of ether oxygens (including phenoxy) is 3. The SMILES string of the molecule is C#C[C@H]1CC(F)(F)CN1C(=O)CNC(=O)c1ccnc2ccc(OCCCC3CCN(C(=O)CN4C(=O)CC(S[C@H](CCCCCNC(=O)CCCc5ccc(I)cc5)CNC(=O)CN5CCN(COC=O)CCN(COC=O)CCN(CC(=O)O)CC5)C4=O)CC3)cc12. The Kier molecular flexibility index (Phi) is 30.4. The second-order valence-electron chi connectivity index (χ2n) is 24.0. The molecule has 94 heavy (non-hydrogen) atoms. The van der Waals surface area contributed by atoms with E-state index in [1.807, 2.05) is 26.8 Å². The number of nitrogens with one attached hydrogen (secondary N) is 3. The summed E-state index contributed by atoms with van der Waals surface area (Å²) >= 11 is 3.56. The maximum atomic E-state index is 14.1. The van der Waals surface area contributed by atoms with E-state index in [4.69, 9.17) is 20.6 Å². The number of benzene rings is 2. The van der Waals surface area contributed by atoms with E-state index in [1.165, 1.54) is 29.6 Å². The molecular weight excluding hydrogens is 1360 g/mol. The molecule has 4 N–H and O–H groups in total. The van der Waals surface area contributed by atoms with E-state index in [-0.39, 0.29) is 80.5 Å². The van der Waals surface area contributed by atoms with E-state index >= 15 is 0 Å². The number of carboxylic acids is 1. The number of thioether (sulfide) groups is 1. The summed E-state index contributed by atoms with van der Waals surface area (Å²) in [6.07, 6.45) is 13.7. The molecule has 4 aliphatic rings. The summed E-state index contributed by atoms with van der Waals surface area (Å²) in [6.45, 7) is 3.45. The lowest BCUT2D eigenvalue weighted by molar-refractivity contribution is -0.146. The fraction of sp³-hybridized carbons (Fsp3) is 0.585. The van der Waals surface area contributed by atoms with Crippen LogP contribution in [0, 0.1) is 21.8 Å². The number of aryl methyl sites for hydroxylation is 1. The van der Waals surface area contributed by atoms with Crippen molar-refractivity contribution in [3.63, 3.8) is 0 Å². The van der Waals surface area contributed by atoms with Crippen LogP contribution < -0.4 is 20.7 Å². The van der Waals surface area contributed by atoms with Crippen molar-refractivity contribution < 1.29 is 76.0 Å². The third kappa shape index (κ3) is 24.6. The molecule has 7 amide bonds. The molecule has 512 valence electrons. The molecule has 4 aliphatic heterocycles. The summed E-state index contributed by atoms with van der Waals surface area (Å²) in [5.74, 6) is -4.01. The molecule has 1 aromatic heterocycles. The van der Waals surface area contributed by atoms with Gasteiger partial charge in [0.05, 0.1) is 55.2 Å². The number of halogens is 3. The van der Waals surface area contributed by atoms with E-state index in [0.29, 0.717) is 153 Å². The summed E-state index contributed by atoms with van der Waals surface area (Å²) in [5.41, 5.74) is 1.90. The maximum absolute atomic E-state index is 14.1. The fourth-order valence-corrected chi connectivity index (χ4v) is 13.6. The molecule has 1 unspecified atom stereocenters. The number of carboxylic acid groups (broad SMARTS) is 1. The van der Waals surface area contributed by atoms with E-state index < -0.39 is 66.3 Å². The molecular formula is C65H86F2IN11O14S. The zero-order valence-corrected chi connectivity index (χ0v) is 55.9. The maximum Gasteiger partial charge on any atom is 0.317 e. The van der Waals surface area contributed by atoms with E-state index in [1.54, 1.807) is 28.0 Å². The lowest BCUT2D eigenvalue weighted by atomic mass is 9.92. The van der Waals surface area contributed by atoms with Gasteiger partial charge in [-0.1, -0.05) is 30.9 Å². The Morgan fingerprint density at radius 3 is 2.12 bits per heavy atom. The summed E-state index contributed by atoms with van der Waals surface area (Å²) < 4.78 is 45.3. The van der Waals surface area contributed by atoms with Crippen molar-refractivity contribution >= 4 is 106 Å². The van der Waals surface area contributed by atoms with Gasteiger partial charge in [-0.15, -0.1) is 18.2 Å². The lowest BCUT2D eigenvalue weighted by Gasteiger charge is -2.33. The van der Waals surface area contributed by atoms with Crippen LogP contribution in [0.4, 0.5) is 8.78 Å². The Morgan fingerprint density at radius 1 is 0.787 bits per heavy atom. The molecule has 0 bridgehead atoms. The zero-order valence-electron chi connectivity index (χ0n) is 52.9. The molecule has 2 aromatic carbocycles. The fourth-order valence-electron chi connectivity index (χ4n) is 11.8. The molecule has 3 aromatic rings. The first kappa shape index (κ1) is 74.3. The number of nitrogens with zero attached hydrogens (tertiary/aromatic N) is 8. The van der Waals surface area contributed by atoms with Crippen LogP contribution in [0.25, 0.3) is 10.9 Å². The van der Waals surface area contributed by atoms with Crippen LogP contribution in [0.1, 0.15) is 93.0 Å². The van der Waals surface area contributed by atoms with Crippen LogP contribution in [0.2, 0.25) is 0 Å². The van der Waals surface area contributed by atoms with Gasteiger partial charge >= 0.3 is 5.97 Å². The molecule has 3 atom stereocenters. The van der Waals surface area contributed by atoms with E-state index in [2.05, 4.69) is 61.6 Å². The number of alkyl halides is 2. The second kappa shape index (κ2) is 38.4. The monoisotopic (exact) mass is 1440 g/mol. The number of aliphatic carboxylic acids is 1. The number of unbranched alkanes of at least 4 members (excludes halogenated alkanes) is 2. The van der Waals surface area contributed by atoms with Gasteiger partial charge in [0.15, 0.2) is 0 Å².